The quantitative estimate of drug-likeness (QED) is 0.649. The van der Waals surface area contributed by atoms with Gasteiger partial charge >= 0.3 is 5.97 Å². The van der Waals surface area contributed by atoms with E-state index in [0.717, 1.165) is 5.56 Å². The second-order valence-electron chi connectivity index (χ2n) is 7.03. The van der Waals surface area contributed by atoms with Crippen molar-refractivity contribution < 1.29 is 24.2 Å². The van der Waals surface area contributed by atoms with E-state index in [-0.39, 0.29) is 17.3 Å². The summed E-state index contributed by atoms with van der Waals surface area (Å²) in [6, 6.07) is 10.7. The third-order valence-electron chi connectivity index (χ3n) is 5.34. The molecule has 2 aliphatic rings. The summed E-state index contributed by atoms with van der Waals surface area (Å²) in [5.74, 6) is -1.11. The van der Waals surface area contributed by atoms with Crippen LogP contribution in [0.2, 0.25) is 0 Å². The standard InChI is InChI=1S/C23H20BrNO5/c1-4-30-16-10-12(9-15(24)22(16)27)18-17(23(28)29-3)11(2)25-20-13-7-5-6-8-14(13)21(26)19(18)20/h5-10,18,25,27H,4H2,1-3H3. The lowest BCUT2D eigenvalue weighted by molar-refractivity contribution is -0.136. The number of carbonyl (C=O) groups excluding carboxylic acids is 2. The minimum absolute atomic E-state index is 0.0370. The van der Waals surface area contributed by atoms with E-state index < -0.39 is 11.9 Å². The molecule has 30 heavy (non-hydrogen) atoms. The van der Waals surface area contributed by atoms with E-state index in [1.165, 1.54) is 7.11 Å². The summed E-state index contributed by atoms with van der Waals surface area (Å²) in [6.07, 6.45) is 0. The van der Waals surface area contributed by atoms with Gasteiger partial charge in [0.15, 0.2) is 17.3 Å². The number of hydrogen-bond acceptors (Lipinski definition) is 6. The Morgan fingerprint density at radius 1 is 1.23 bits per heavy atom. The molecule has 1 heterocycles. The third kappa shape index (κ3) is 3.01. The van der Waals surface area contributed by atoms with Crippen molar-refractivity contribution in [2.75, 3.05) is 13.7 Å². The van der Waals surface area contributed by atoms with E-state index in [0.29, 0.717) is 44.7 Å². The predicted molar refractivity (Wildman–Crippen MR) is 115 cm³/mol. The van der Waals surface area contributed by atoms with E-state index in [4.69, 9.17) is 9.47 Å². The van der Waals surface area contributed by atoms with Crippen LogP contribution >= 0.6 is 15.9 Å². The van der Waals surface area contributed by atoms with Crippen LogP contribution in [0.4, 0.5) is 0 Å². The highest BCUT2D eigenvalue weighted by Crippen LogP contribution is 2.49. The lowest BCUT2D eigenvalue weighted by Gasteiger charge is -2.29. The Bertz CT molecular complexity index is 1150. The van der Waals surface area contributed by atoms with Gasteiger partial charge in [-0.1, -0.05) is 24.3 Å². The number of carbonyl (C=O) groups is 2. The van der Waals surface area contributed by atoms with Crippen LogP contribution in [0.15, 0.2) is 57.7 Å². The van der Waals surface area contributed by atoms with Crippen LogP contribution in [0.25, 0.3) is 5.70 Å². The van der Waals surface area contributed by atoms with Gasteiger partial charge in [0.2, 0.25) is 0 Å². The average Bonchev–Trinajstić information content (AvgIpc) is 3.02. The Morgan fingerprint density at radius 2 is 1.93 bits per heavy atom. The number of halogens is 1. The molecule has 0 radical (unpaired) electrons. The van der Waals surface area contributed by atoms with Gasteiger partial charge in [0.1, 0.15) is 0 Å². The molecule has 0 saturated heterocycles. The Kier molecular flexibility index (Phi) is 5.15. The summed E-state index contributed by atoms with van der Waals surface area (Å²) in [7, 11) is 1.31. The normalized spacial score (nSPS) is 17.5. The van der Waals surface area contributed by atoms with Gasteiger partial charge in [-0.3, -0.25) is 4.79 Å². The molecule has 6 nitrogen and oxygen atoms in total. The van der Waals surface area contributed by atoms with Crippen molar-refractivity contribution in [3.8, 4) is 11.5 Å². The van der Waals surface area contributed by atoms with Crippen LogP contribution in [-0.4, -0.2) is 30.6 Å². The fourth-order valence-electron chi connectivity index (χ4n) is 4.07. The van der Waals surface area contributed by atoms with Crippen LogP contribution in [0.3, 0.4) is 0 Å². The molecule has 0 fully saturated rings. The highest BCUT2D eigenvalue weighted by atomic mass is 79.9. The molecule has 2 aromatic rings. The molecular formula is C23H20BrNO5. The molecule has 1 unspecified atom stereocenters. The predicted octanol–water partition coefficient (Wildman–Crippen LogP) is 4.29. The van der Waals surface area contributed by atoms with Crippen molar-refractivity contribution >= 4 is 33.4 Å². The lowest BCUT2D eigenvalue weighted by atomic mass is 9.79. The van der Waals surface area contributed by atoms with Crippen molar-refractivity contribution in [2.24, 2.45) is 0 Å². The van der Waals surface area contributed by atoms with Crippen molar-refractivity contribution in [1.29, 1.82) is 0 Å². The van der Waals surface area contributed by atoms with E-state index >= 15 is 0 Å². The number of ether oxygens (including phenoxy) is 2. The van der Waals surface area contributed by atoms with Gasteiger partial charge in [0, 0.05) is 28.3 Å². The molecule has 2 N–H and O–H groups in total. The molecule has 0 spiro atoms. The molecule has 0 amide bonds. The van der Waals surface area contributed by atoms with Crippen molar-refractivity contribution in [3.63, 3.8) is 0 Å². The number of rotatable bonds is 4. The van der Waals surface area contributed by atoms with Crippen LogP contribution in [-0.2, 0) is 9.53 Å². The number of allylic oxidation sites excluding steroid dienone is 2. The Labute approximate surface area is 182 Å². The molecular weight excluding hydrogens is 450 g/mol. The molecule has 0 aromatic heterocycles. The highest BCUT2D eigenvalue weighted by molar-refractivity contribution is 9.10. The topological polar surface area (TPSA) is 84.9 Å². The van der Waals surface area contributed by atoms with Crippen LogP contribution in [0, 0.1) is 0 Å². The largest absolute Gasteiger partial charge is 0.503 e. The van der Waals surface area contributed by atoms with Gasteiger partial charge in [-0.15, -0.1) is 0 Å². The smallest absolute Gasteiger partial charge is 0.336 e. The van der Waals surface area contributed by atoms with E-state index in [9.17, 15) is 14.7 Å². The van der Waals surface area contributed by atoms with Gasteiger partial charge in [-0.25, -0.2) is 4.79 Å². The first-order valence-electron chi connectivity index (χ1n) is 9.48. The van der Waals surface area contributed by atoms with E-state index in [1.54, 1.807) is 25.1 Å². The molecule has 1 aliphatic heterocycles. The first-order valence-corrected chi connectivity index (χ1v) is 10.3. The van der Waals surface area contributed by atoms with Gasteiger partial charge < -0.3 is 19.9 Å². The number of phenols is 1. The van der Waals surface area contributed by atoms with Crippen molar-refractivity contribution in [3.05, 3.63) is 74.4 Å². The summed E-state index contributed by atoms with van der Waals surface area (Å²) in [4.78, 5) is 26.1. The second kappa shape index (κ2) is 7.65. The van der Waals surface area contributed by atoms with Crippen molar-refractivity contribution in [1.82, 2.24) is 5.32 Å². The average molecular weight is 470 g/mol. The first kappa shape index (κ1) is 20.2. The van der Waals surface area contributed by atoms with Gasteiger partial charge in [-0.2, -0.15) is 0 Å². The summed E-state index contributed by atoms with van der Waals surface area (Å²) in [6.45, 7) is 3.95. The summed E-state index contributed by atoms with van der Waals surface area (Å²) in [5, 5.41) is 13.6. The maximum Gasteiger partial charge on any atom is 0.336 e. The molecule has 4 rings (SSSR count). The van der Waals surface area contributed by atoms with Crippen LogP contribution in [0.5, 0.6) is 11.5 Å². The first-order chi connectivity index (χ1) is 14.4. The number of Topliss-reactive ketones (excluding diaryl/α,β-unsaturated/α-hetero) is 1. The fraction of sp³-hybridized carbons (Fsp3) is 0.217. The third-order valence-corrected chi connectivity index (χ3v) is 5.94. The van der Waals surface area contributed by atoms with E-state index in [2.05, 4.69) is 21.2 Å². The van der Waals surface area contributed by atoms with Crippen LogP contribution < -0.4 is 10.1 Å². The molecule has 154 valence electrons. The number of hydrogen-bond donors (Lipinski definition) is 2. The minimum atomic E-state index is -0.676. The number of methoxy groups -OCH3 is 1. The summed E-state index contributed by atoms with van der Waals surface area (Å²) >= 11 is 3.36. The molecule has 0 bridgehead atoms. The monoisotopic (exact) mass is 469 g/mol. The zero-order valence-corrected chi connectivity index (χ0v) is 18.3. The number of aromatic hydroxyl groups is 1. The van der Waals surface area contributed by atoms with Crippen molar-refractivity contribution in [2.45, 2.75) is 19.8 Å². The maximum atomic E-state index is 13.4. The molecule has 1 aliphatic carbocycles. The second-order valence-corrected chi connectivity index (χ2v) is 7.89. The zero-order valence-electron chi connectivity index (χ0n) is 16.7. The SMILES string of the molecule is CCOc1cc(C2C(C(=O)OC)=C(C)NC3=C2C(=O)c2ccccc23)cc(Br)c1O. The molecule has 1 atom stereocenters. The number of fused-ring (bicyclic) bond motifs is 2. The lowest BCUT2D eigenvalue weighted by Crippen LogP contribution is -2.29. The number of benzene rings is 2. The van der Waals surface area contributed by atoms with Crippen LogP contribution in [0.1, 0.15) is 41.3 Å². The Balaban J connectivity index is 1.97. The molecule has 0 saturated carbocycles. The number of esters is 1. The van der Waals surface area contributed by atoms with E-state index in [1.807, 2.05) is 25.1 Å². The van der Waals surface area contributed by atoms with Gasteiger partial charge in [0.05, 0.1) is 29.5 Å². The Hall–Kier alpha value is -3.06. The van der Waals surface area contributed by atoms with Gasteiger partial charge in [-0.05, 0) is 47.5 Å². The Morgan fingerprint density at radius 3 is 2.60 bits per heavy atom. The minimum Gasteiger partial charge on any atom is -0.503 e. The molecule has 7 heteroatoms. The molecule has 2 aromatic carbocycles. The number of ketones is 1. The summed E-state index contributed by atoms with van der Waals surface area (Å²) < 4.78 is 11.0. The number of dihydropyridines is 1. The zero-order chi connectivity index (χ0) is 21.6. The van der Waals surface area contributed by atoms with Gasteiger partial charge in [0.25, 0.3) is 0 Å². The number of nitrogens with one attached hydrogen (secondary N) is 1. The maximum absolute atomic E-state index is 13.4. The number of phenolic OH excluding ortho intramolecular Hbond substituents is 1. The highest BCUT2D eigenvalue weighted by Gasteiger charge is 2.43. The summed E-state index contributed by atoms with van der Waals surface area (Å²) in [5.41, 5.74) is 4.14. The fourth-order valence-corrected chi connectivity index (χ4v) is 4.53.